The van der Waals surface area contributed by atoms with Gasteiger partial charge in [-0.3, -0.25) is 9.59 Å². The highest BCUT2D eigenvalue weighted by atomic mass is 16.6. The van der Waals surface area contributed by atoms with Crippen molar-refractivity contribution in [2.24, 2.45) is 5.92 Å². The number of esters is 2. The summed E-state index contributed by atoms with van der Waals surface area (Å²) in [6, 6.07) is -0.723. The molecule has 0 aromatic heterocycles. The normalized spacial score (nSPS) is 12.7. The molecule has 0 aromatic rings. The molecule has 0 radical (unpaired) electrons. The Morgan fingerprint density at radius 3 is 2.10 bits per heavy atom. The number of rotatable bonds is 7. The van der Waals surface area contributed by atoms with Crippen LogP contribution in [0.25, 0.3) is 0 Å². The zero-order chi connectivity index (χ0) is 16.6. The highest BCUT2D eigenvalue weighted by Gasteiger charge is 2.29. The molecular formula is C15H27NO5. The van der Waals surface area contributed by atoms with Crippen LogP contribution in [-0.4, -0.2) is 36.1 Å². The van der Waals surface area contributed by atoms with Gasteiger partial charge in [0.1, 0.15) is 11.6 Å². The molecule has 0 saturated heterocycles. The second-order valence-corrected chi connectivity index (χ2v) is 6.13. The summed E-state index contributed by atoms with van der Waals surface area (Å²) in [4.78, 5) is 35.1. The minimum atomic E-state index is -0.723. The largest absolute Gasteiger partial charge is 0.466 e. The van der Waals surface area contributed by atoms with Crippen molar-refractivity contribution in [3.63, 3.8) is 0 Å². The fraction of sp³-hybridized carbons (Fsp3) is 0.800. The van der Waals surface area contributed by atoms with E-state index in [0.29, 0.717) is 0 Å². The summed E-state index contributed by atoms with van der Waals surface area (Å²) in [5.74, 6) is -1.37. The van der Waals surface area contributed by atoms with Gasteiger partial charge in [0, 0.05) is 6.42 Å². The van der Waals surface area contributed by atoms with E-state index in [1.165, 1.54) is 0 Å². The Bertz CT molecular complexity index is 371. The molecule has 1 amide bonds. The quantitative estimate of drug-likeness (QED) is 0.725. The van der Waals surface area contributed by atoms with Crippen molar-refractivity contribution >= 4 is 17.8 Å². The molecule has 0 aliphatic rings. The van der Waals surface area contributed by atoms with E-state index in [2.05, 4.69) is 5.32 Å². The lowest BCUT2D eigenvalue weighted by molar-refractivity contribution is -0.160. The first-order valence-corrected chi connectivity index (χ1v) is 7.24. The topological polar surface area (TPSA) is 81.7 Å². The molecule has 0 bridgehead atoms. The zero-order valence-electron chi connectivity index (χ0n) is 13.8. The first-order chi connectivity index (χ1) is 9.56. The van der Waals surface area contributed by atoms with Crippen LogP contribution >= 0.6 is 0 Å². The van der Waals surface area contributed by atoms with E-state index in [0.717, 1.165) is 0 Å². The van der Waals surface area contributed by atoms with Crippen LogP contribution in [0.4, 0.5) is 0 Å². The molecule has 0 saturated carbocycles. The first kappa shape index (κ1) is 19.4. The number of carbonyl (C=O) groups is 3. The van der Waals surface area contributed by atoms with Gasteiger partial charge in [0.05, 0.1) is 13.0 Å². The smallest absolute Gasteiger partial charge is 0.329 e. The van der Waals surface area contributed by atoms with Gasteiger partial charge in [-0.1, -0.05) is 13.8 Å². The van der Waals surface area contributed by atoms with E-state index >= 15 is 0 Å². The molecule has 6 nitrogen and oxygen atoms in total. The van der Waals surface area contributed by atoms with E-state index in [1.807, 2.05) is 13.8 Å². The van der Waals surface area contributed by atoms with Crippen LogP contribution in [0.3, 0.4) is 0 Å². The summed E-state index contributed by atoms with van der Waals surface area (Å²) in [7, 11) is 0. The maximum absolute atomic E-state index is 12.0. The predicted octanol–water partition coefficient (Wildman–Crippen LogP) is 1.81. The molecule has 0 heterocycles. The maximum Gasteiger partial charge on any atom is 0.329 e. The van der Waals surface area contributed by atoms with Gasteiger partial charge in [-0.25, -0.2) is 4.79 Å². The molecule has 122 valence electrons. The number of hydrogen-bond donors (Lipinski definition) is 1. The van der Waals surface area contributed by atoms with Crippen LogP contribution in [0, 0.1) is 5.92 Å². The average molecular weight is 301 g/mol. The SMILES string of the molecule is CCOC(=O)CCC(=O)N[C@H](C(=O)OC(C)(C)C)C(C)C. The fourth-order valence-corrected chi connectivity index (χ4v) is 1.56. The molecule has 0 aliphatic carbocycles. The second kappa shape index (κ2) is 8.64. The minimum Gasteiger partial charge on any atom is -0.466 e. The van der Waals surface area contributed by atoms with Crippen molar-refractivity contribution in [3.8, 4) is 0 Å². The van der Waals surface area contributed by atoms with Crippen LogP contribution in [-0.2, 0) is 23.9 Å². The monoisotopic (exact) mass is 301 g/mol. The Morgan fingerprint density at radius 1 is 1.10 bits per heavy atom. The Labute approximate surface area is 126 Å². The third kappa shape index (κ3) is 9.05. The molecule has 1 N–H and O–H groups in total. The summed E-state index contributed by atoms with van der Waals surface area (Å²) in [5.41, 5.74) is -0.611. The highest BCUT2D eigenvalue weighted by Crippen LogP contribution is 2.12. The molecule has 0 fully saturated rings. The number of carbonyl (C=O) groups excluding carboxylic acids is 3. The summed E-state index contributed by atoms with van der Waals surface area (Å²) in [6.07, 6.45) is -0.0103. The lowest BCUT2D eigenvalue weighted by Crippen LogP contribution is -2.47. The molecule has 0 aliphatic heterocycles. The number of ether oxygens (including phenoxy) is 2. The van der Waals surface area contributed by atoms with Crippen LogP contribution in [0.1, 0.15) is 54.4 Å². The van der Waals surface area contributed by atoms with E-state index in [9.17, 15) is 14.4 Å². The Balaban J connectivity index is 4.47. The third-order valence-corrected chi connectivity index (χ3v) is 2.51. The van der Waals surface area contributed by atoms with Gasteiger partial charge in [0.25, 0.3) is 0 Å². The Hall–Kier alpha value is -1.59. The molecule has 21 heavy (non-hydrogen) atoms. The summed E-state index contributed by atoms with van der Waals surface area (Å²) < 4.78 is 10.0. The molecule has 0 unspecified atom stereocenters. The molecule has 6 heteroatoms. The van der Waals surface area contributed by atoms with Gasteiger partial charge in [0.2, 0.25) is 5.91 Å². The summed E-state index contributed by atoms with van der Waals surface area (Å²) in [5, 5.41) is 2.62. The van der Waals surface area contributed by atoms with E-state index in [4.69, 9.17) is 9.47 Å². The van der Waals surface area contributed by atoms with Crippen molar-refractivity contribution in [1.82, 2.24) is 5.32 Å². The molecule has 0 aromatic carbocycles. The Kier molecular flexibility index (Phi) is 7.99. The lowest BCUT2D eigenvalue weighted by atomic mass is 10.0. The molecular weight excluding hydrogens is 274 g/mol. The van der Waals surface area contributed by atoms with Crippen LogP contribution in [0.15, 0.2) is 0 Å². The highest BCUT2D eigenvalue weighted by molar-refractivity contribution is 5.86. The second-order valence-electron chi connectivity index (χ2n) is 6.13. The number of hydrogen-bond acceptors (Lipinski definition) is 5. The van der Waals surface area contributed by atoms with E-state index < -0.39 is 23.6 Å². The van der Waals surface area contributed by atoms with Crippen LogP contribution < -0.4 is 5.32 Å². The van der Waals surface area contributed by atoms with Crippen molar-refractivity contribution in [3.05, 3.63) is 0 Å². The lowest BCUT2D eigenvalue weighted by Gasteiger charge is -2.26. The van der Waals surface area contributed by atoms with Crippen molar-refractivity contribution < 1.29 is 23.9 Å². The minimum absolute atomic E-state index is 0.00118. The van der Waals surface area contributed by atoms with Crippen molar-refractivity contribution in [1.29, 1.82) is 0 Å². The molecule has 1 atom stereocenters. The fourth-order valence-electron chi connectivity index (χ4n) is 1.56. The van der Waals surface area contributed by atoms with Crippen LogP contribution in [0.2, 0.25) is 0 Å². The molecule has 0 rings (SSSR count). The van der Waals surface area contributed by atoms with E-state index in [1.54, 1.807) is 27.7 Å². The van der Waals surface area contributed by atoms with Gasteiger partial charge in [-0.2, -0.15) is 0 Å². The maximum atomic E-state index is 12.0. The van der Waals surface area contributed by atoms with Gasteiger partial charge in [-0.05, 0) is 33.6 Å². The zero-order valence-corrected chi connectivity index (χ0v) is 13.8. The summed E-state index contributed by atoms with van der Waals surface area (Å²) >= 11 is 0. The van der Waals surface area contributed by atoms with Gasteiger partial charge in [0.15, 0.2) is 0 Å². The van der Waals surface area contributed by atoms with Gasteiger partial charge < -0.3 is 14.8 Å². The number of nitrogens with one attached hydrogen (secondary N) is 1. The first-order valence-electron chi connectivity index (χ1n) is 7.24. The van der Waals surface area contributed by atoms with Crippen LogP contribution in [0.5, 0.6) is 0 Å². The number of amides is 1. The van der Waals surface area contributed by atoms with Crippen molar-refractivity contribution in [2.75, 3.05) is 6.61 Å². The Morgan fingerprint density at radius 2 is 1.67 bits per heavy atom. The average Bonchev–Trinajstić information content (AvgIpc) is 2.31. The molecule has 0 spiro atoms. The van der Waals surface area contributed by atoms with Gasteiger partial charge in [-0.15, -0.1) is 0 Å². The predicted molar refractivity (Wildman–Crippen MR) is 78.5 cm³/mol. The standard InChI is InChI=1S/C15H27NO5/c1-7-20-12(18)9-8-11(17)16-13(10(2)3)14(19)21-15(4,5)6/h10,13H,7-9H2,1-6H3,(H,16,17)/t13-/m0/s1. The van der Waals surface area contributed by atoms with E-state index in [-0.39, 0.29) is 31.3 Å². The third-order valence-electron chi connectivity index (χ3n) is 2.51. The van der Waals surface area contributed by atoms with Gasteiger partial charge >= 0.3 is 11.9 Å². The summed E-state index contributed by atoms with van der Waals surface area (Å²) in [6.45, 7) is 10.9. The van der Waals surface area contributed by atoms with Crippen molar-refractivity contribution in [2.45, 2.75) is 66.0 Å².